The minimum absolute atomic E-state index is 0.0412. The highest BCUT2D eigenvalue weighted by Crippen LogP contribution is 2.46. The Labute approximate surface area is 208 Å². The molecular formula is C28H40N4O3. The monoisotopic (exact) mass is 480 g/mol. The molecule has 3 aliphatic rings. The van der Waals surface area contributed by atoms with Crippen molar-refractivity contribution >= 4 is 23.0 Å². The third-order valence-corrected chi connectivity index (χ3v) is 8.78. The molecule has 1 aliphatic heterocycles. The number of ether oxygens (including phenoxy) is 1. The number of H-pyrrole nitrogens is 1. The first-order valence-electron chi connectivity index (χ1n) is 13.6. The summed E-state index contributed by atoms with van der Waals surface area (Å²) < 4.78 is 4.74. The highest BCUT2D eigenvalue weighted by molar-refractivity contribution is 5.86. The lowest BCUT2D eigenvalue weighted by Crippen LogP contribution is -2.51. The van der Waals surface area contributed by atoms with Crippen molar-refractivity contribution in [1.82, 2.24) is 20.2 Å². The normalized spacial score (nSPS) is 26.1. The van der Waals surface area contributed by atoms with E-state index in [2.05, 4.69) is 28.5 Å². The van der Waals surface area contributed by atoms with Crippen LogP contribution in [0.3, 0.4) is 0 Å². The van der Waals surface area contributed by atoms with Gasteiger partial charge < -0.3 is 19.9 Å². The molecule has 1 aromatic carbocycles. The Morgan fingerprint density at radius 3 is 2.63 bits per heavy atom. The number of hydrogen-bond acceptors (Lipinski definition) is 4. The quantitative estimate of drug-likeness (QED) is 0.557. The Morgan fingerprint density at radius 2 is 1.89 bits per heavy atom. The molecule has 7 heteroatoms. The summed E-state index contributed by atoms with van der Waals surface area (Å²) in [5.41, 5.74) is 3.45. The standard InChI is InChI=1S/C28H40N4O3/c1-17(2)25(31-28(34)35-3)27(33)32-14-6-9-24(32)26-29-22-13-12-21(16-23(22)30-26)20-11-10-19(15-20)18-7-4-5-8-18/h12-13,16-20,24-25H,4-11,14-15H2,1-3H3,(H,29,30)(H,31,34). The number of likely N-dealkylation sites (tertiary alicyclic amines) is 1. The van der Waals surface area contributed by atoms with Gasteiger partial charge in [-0.2, -0.15) is 0 Å². The molecule has 3 fully saturated rings. The second kappa shape index (κ2) is 10.2. The zero-order chi connectivity index (χ0) is 24.5. The van der Waals surface area contributed by atoms with Gasteiger partial charge in [0.15, 0.2) is 0 Å². The summed E-state index contributed by atoms with van der Waals surface area (Å²) in [4.78, 5) is 35.6. The molecule has 2 aliphatic carbocycles. The Kier molecular flexibility index (Phi) is 7.03. The molecule has 0 spiro atoms. The highest BCUT2D eigenvalue weighted by Gasteiger charge is 2.38. The Balaban J connectivity index is 1.32. The molecule has 7 nitrogen and oxygen atoms in total. The van der Waals surface area contributed by atoms with Gasteiger partial charge in [-0.1, -0.05) is 45.6 Å². The Morgan fingerprint density at radius 1 is 1.09 bits per heavy atom. The molecule has 2 heterocycles. The van der Waals surface area contributed by atoms with Gasteiger partial charge in [-0.05, 0) is 73.5 Å². The lowest BCUT2D eigenvalue weighted by molar-refractivity contribution is -0.135. The molecule has 2 N–H and O–H groups in total. The van der Waals surface area contributed by atoms with Crippen molar-refractivity contribution in [1.29, 1.82) is 0 Å². The van der Waals surface area contributed by atoms with E-state index in [0.717, 1.165) is 41.5 Å². The maximum atomic E-state index is 13.4. The largest absolute Gasteiger partial charge is 0.453 e. The van der Waals surface area contributed by atoms with E-state index in [4.69, 9.17) is 9.72 Å². The van der Waals surface area contributed by atoms with Crippen molar-refractivity contribution < 1.29 is 14.3 Å². The minimum Gasteiger partial charge on any atom is -0.453 e. The van der Waals surface area contributed by atoms with Crippen LogP contribution in [0.2, 0.25) is 0 Å². The first-order valence-corrected chi connectivity index (χ1v) is 13.6. The van der Waals surface area contributed by atoms with Crippen molar-refractivity contribution in [2.24, 2.45) is 17.8 Å². The molecule has 5 rings (SSSR count). The lowest BCUT2D eigenvalue weighted by Gasteiger charge is -2.29. The van der Waals surface area contributed by atoms with E-state index in [1.54, 1.807) is 0 Å². The van der Waals surface area contributed by atoms with E-state index in [1.165, 1.54) is 57.6 Å². The van der Waals surface area contributed by atoms with Crippen LogP contribution in [0.4, 0.5) is 4.79 Å². The van der Waals surface area contributed by atoms with Crippen LogP contribution in [0.15, 0.2) is 18.2 Å². The van der Waals surface area contributed by atoms with Gasteiger partial charge in [-0.3, -0.25) is 4.79 Å². The fraction of sp³-hybridized carbons (Fsp3) is 0.679. The van der Waals surface area contributed by atoms with Crippen LogP contribution in [0, 0.1) is 17.8 Å². The molecule has 1 aromatic heterocycles. The van der Waals surface area contributed by atoms with Gasteiger partial charge in [0, 0.05) is 6.54 Å². The summed E-state index contributed by atoms with van der Waals surface area (Å²) in [7, 11) is 1.32. The molecule has 2 saturated carbocycles. The van der Waals surface area contributed by atoms with Crippen molar-refractivity contribution in [3.8, 4) is 0 Å². The van der Waals surface area contributed by atoms with Crippen LogP contribution in [-0.4, -0.2) is 46.6 Å². The van der Waals surface area contributed by atoms with Crippen LogP contribution in [-0.2, 0) is 9.53 Å². The fourth-order valence-corrected chi connectivity index (χ4v) is 6.83. The molecule has 4 unspecified atom stereocenters. The van der Waals surface area contributed by atoms with Crippen LogP contribution >= 0.6 is 0 Å². The summed E-state index contributed by atoms with van der Waals surface area (Å²) in [6, 6.07) is 5.99. The number of aromatic amines is 1. The van der Waals surface area contributed by atoms with Gasteiger partial charge in [0.1, 0.15) is 11.9 Å². The zero-order valence-electron chi connectivity index (χ0n) is 21.4. The summed E-state index contributed by atoms with van der Waals surface area (Å²) in [5, 5.41) is 2.72. The smallest absolute Gasteiger partial charge is 0.407 e. The first kappa shape index (κ1) is 24.1. The fourth-order valence-electron chi connectivity index (χ4n) is 6.83. The summed E-state index contributed by atoms with van der Waals surface area (Å²) in [6.45, 7) is 4.54. The van der Waals surface area contributed by atoms with Crippen molar-refractivity contribution in [3.05, 3.63) is 29.6 Å². The second-order valence-electron chi connectivity index (χ2n) is 11.3. The highest BCUT2D eigenvalue weighted by atomic mass is 16.5. The first-order chi connectivity index (χ1) is 16.9. The van der Waals surface area contributed by atoms with E-state index < -0.39 is 12.1 Å². The van der Waals surface area contributed by atoms with E-state index >= 15 is 0 Å². The Hall–Kier alpha value is -2.57. The molecule has 190 valence electrons. The van der Waals surface area contributed by atoms with Gasteiger partial charge in [-0.15, -0.1) is 0 Å². The van der Waals surface area contributed by atoms with Crippen LogP contribution in [0.5, 0.6) is 0 Å². The number of alkyl carbamates (subject to hydrolysis) is 1. The molecular weight excluding hydrogens is 440 g/mol. The van der Waals surface area contributed by atoms with E-state index in [0.29, 0.717) is 12.5 Å². The van der Waals surface area contributed by atoms with Gasteiger partial charge in [0.2, 0.25) is 5.91 Å². The van der Waals surface area contributed by atoms with Crippen molar-refractivity contribution in [2.75, 3.05) is 13.7 Å². The number of amides is 2. The lowest BCUT2D eigenvalue weighted by atomic mass is 9.87. The van der Waals surface area contributed by atoms with Gasteiger partial charge in [0.05, 0.1) is 24.2 Å². The van der Waals surface area contributed by atoms with Crippen molar-refractivity contribution in [2.45, 2.75) is 89.6 Å². The number of carbonyl (C=O) groups excluding carboxylic acids is 2. The maximum absolute atomic E-state index is 13.4. The number of fused-ring (bicyclic) bond motifs is 1. The minimum atomic E-state index is -0.616. The number of methoxy groups -OCH3 is 1. The number of rotatable bonds is 6. The van der Waals surface area contributed by atoms with Crippen LogP contribution in [0.1, 0.15) is 95.0 Å². The van der Waals surface area contributed by atoms with Crippen LogP contribution < -0.4 is 5.32 Å². The Bertz CT molecular complexity index is 1060. The predicted octanol–water partition coefficient (Wildman–Crippen LogP) is 5.68. The van der Waals surface area contributed by atoms with E-state index in [9.17, 15) is 9.59 Å². The SMILES string of the molecule is COC(=O)NC(C(=O)N1CCCC1c1nc2ccc(C3CCC(C4CCCC4)C3)cc2[nH]1)C(C)C. The predicted molar refractivity (Wildman–Crippen MR) is 136 cm³/mol. The molecule has 1 saturated heterocycles. The number of nitrogens with zero attached hydrogens (tertiary/aromatic N) is 2. The number of carbonyl (C=O) groups is 2. The third kappa shape index (κ3) is 4.91. The zero-order valence-corrected chi connectivity index (χ0v) is 21.4. The molecule has 4 atom stereocenters. The van der Waals surface area contributed by atoms with Crippen molar-refractivity contribution in [3.63, 3.8) is 0 Å². The average molecular weight is 481 g/mol. The van der Waals surface area contributed by atoms with Gasteiger partial charge in [-0.25, -0.2) is 9.78 Å². The van der Waals surface area contributed by atoms with E-state index in [-0.39, 0.29) is 17.9 Å². The van der Waals surface area contributed by atoms with Crippen LogP contribution in [0.25, 0.3) is 11.0 Å². The number of nitrogens with one attached hydrogen (secondary N) is 2. The summed E-state index contributed by atoms with van der Waals surface area (Å²) >= 11 is 0. The summed E-state index contributed by atoms with van der Waals surface area (Å²) in [5.74, 6) is 3.24. The van der Waals surface area contributed by atoms with E-state index in [1.807, 2.05) is 18.7 Å². The molecule has 0 bridgehead atoms. The topological polar surface area (TPSA) is 87.3 Å². The average Bonchev–Trinajstić information content (AvgIpc) is 3.66. The second-order valence-corrected chi connectivity index (χ2v) is 11.3. The third-order valence-electron chi connectivity index (χ3n) is 8.78. The maximum Gasteiger partial charge on any atom is 0.407 e. The molecule has 35 heavy (non-hydrogen) atoms. The molecule has 2 aromatic rings. The molecule has 0 radical (unpaired) electrons. The number of aromatic nitrogens is 2. The number of benzene rings is 1. The van der Waals surface area contributed by atoms with Gasteiger partial charge in [0.25, 0.3) is 0 Å². The molecule has 2 amide bonds. The number of imidazole rings is 1. The van der Waals surface area contributed by atoms with Gasteiger partial charge >= 0.3 is 6.09 Å². The summed E-state index contributed by atoms with van der Waals surface area (Å²) in [6.07, 6.45) is 10.9. The number of hydrogen-bond donors (Lipinski definition) is 2.